The molecule has 2 aromatic rings. The Morgan fingerprint density at radius 1 is 1.52 bits per heavy atom. The lowest BCUT2D eigenvalue weighted by Crippen LogP contribution is -2.14. The molecule has 0 saturated heterocycles. The first-order chi connectivity index (χ1) is 10.9. The van der Waals surface area contributed by atoms with Crippen LogP contribution in [0.3, 0.4) is 0 Å². The fourth-order valence-electron chi connectivity index (χ4n) is 1.85. The largest absolute Gasteiger partial charge is 0.303 e. The Labute approximate surface area is 149 Å². The van der Waals surface area contributed by atoms with E-state index in [9.17, 15) is 4.79 Å². The van der Waals surface area contributed by atoms with Gasteiger partial charge in [-0.1, -0.05) is 25.2 Å². The smallest absolute Gasteiger partial charge is 0.236 e. The van der Waals surface area contributed by atoms with E-state index in [1.54, 1.807) is 16.3 Å². The third kappa shape index (κ3) is 4.89. The molecule has 2 heterocycles. The Balaban J connectivity index is 1.97. The molecule has 1 amide bonds. The first kappa shape index (κ1) is 18.2. The lowest BCUT2D eigenvalue weighted by atomic mass is 10.2. The topological polar surface area (TPSA) is 75.6 Å². The zero-order valence-corrected chi connectivity index (χ0v) is 16.1. The van der Waals surface area contributed by atoms with Gasteiger partial charge in [-0.15, -0.1) is 0 Å². The molecule has 2 aromatic heterocycles. The van der Waals surface area contributed by atoms with Crippen molar-refractivity contribution in [1.29, 1.82) is 0 Å². The molecule has 0 fully saturated rings. The molecule has 0 aliphatic carbocycles. The Bertz CT molecular complexity index is 731. The summed E-state index contributed by atoms with van der Waals surface area (Å²) in [5.41, 5.74) is 0.829. The highest BCUT2D eigenvalue weighted by atomic mass is 32.2. The van der Waals surface area contributed by atoms with E-state index >= 15 is 0 Å². The van der Waals surface area contributed by atoms with Crippen molar-refractivity contribution >= 4 is 46.4 Å². The molecule has 2 rings (SSSR count). The van der Waals surface area contributed by atoms with E-state index < -0.39 is 0 Å². The second-order valence-electron chi connectivity index (χ2n) is 5.63. The van der Waals surface area contributed by atoms with E-state index in [0.29, 0.717) is 21.6 Å². The number of amides is 1. The zero-order valence-electron chi connectivity index (χ0n) is 13.7. The molecule has 2 N–H and O–H groups in total. The lowest BCUT2D eigenvalue weighted by Gasteiger charge is -2.04. The van der Waals surface area contributed by atoms with Gasteiger partial charge in [-0.3, -0.25) is 9.89 Å². The maximum Gasteiger partial charge on any atom is 0.236 e. The van der Waals surface area contributed by atoms with Gasteiger partial charge in [-0.2, -0.15) is 16.9 Å². The van der Waals surface area contributed by atoms with E-state index in [4.69, 9.17) is 12.2 Å². The number of nitrogens with one attached hydrogen (secondary N) is 2. The summed E-state index contributed by atoms with van der Waals surface area (Å²) in [6.07, 6.45) is 1.12. The summed E-state index contributed by atoms with van der Waals surface area (Å²) in [5.74, 6) is 2.83. The predicted octanol–water partition coefficient (Wildman–Crippen LogP) is 3.63. The Morgan fingerprint density at radius 3 is 2.87 bits per heavy atom. The maximum absolute atomic E-state index is 12.0. The van der Waals surface area contributed by atoms with Gasteiger partial charge >= 0.3 is 0 Å². The summed E-state index contributed by atoms with van der Waals surface area (Å²) >= 11 is 8.19. The summed E-state index contributed by atoms with van der Waals surface area (Å²) in [6, 6.07) is 0. The normalized spacial score (nSPS) is 11.2. The van der Waals surface area contributed by atoms with Gasteiger partial charge < -0.3 is 9.88 Å². The van der Waals surface area contributed by atoms with Crippen molar-refractivity contribution in [3.05, 3.63) is 10.5 Å². The van der Waals surface area contributed by atoms with Gasteiger partial charge in [0.05, 0.1) is 16.3 Å². The van der Waals surface area contributed by atoms with Crippen LogP contribution in [0.2, 0.25) is 0 Å². The minimum absolute atomic E-state index is 0.0191. The van der Waals surface area contributed by atoms with E-state index in [1.807, 2.05) is 14.0 Å². The highest BCUT2D eigenvalue weighted by molar-refractivity contribution is 7.99. The van der Waals surface area contributed by atoms with Crippen molar-refractivity contribution in [3.63, 3.8) is 0 Å². The van der Waals surface area contributed by atoms with Gasteiger partial charge in [0.15, 0.2) is 15.7 Å². The van der Waals surface area contributed by atoms with Crippen LogP contribution in [0.1, 0.15) is 26.0 Å². The molecule has 0 aliphatic heterocycles. The average molecular weight is 372 g/mol. The molecule has 23 heavy (non-hydrogen) atoms. The van der Waals surface area contributed by atoms with Crippen LogP contribution in [0, 0.1) is 17.6 Å². The predicted molar refractivity (Wildman–Crippen MR) is 99.6 cm³/mol. The second kappa shape index (κ2) is 8.07. The Hall–Kier alpha value is -1.19. The van der Waals surface area contributed by atoms with Crippen molar-refractivity contribution in [3.8, 4) is 10.7 Å². The van der Waals surface area contributed by atoms with E-state index in [1.165, 1.54) is 11.3 Å². The third-order valence-electron chi connectivity index (χ3n) is 3.20. The first-order valence-electron chi connectivity index (χ1n) is 7.35. The number of anilines is 1. The number of hydrogen-bond donors (Lipinski definition) is 2. The van der Waals surface area contributed by atoms with Gasteiger partial charge in [0.1, 0.15) is 0 Å². The van der Waals surface area contributed by atoms with Crippen LogP contribution in [-0.2, 0) is 11.8 Å². The number of aromatic nitrogens is 4. The zero-order chi connectivity index (χ0) is 17.0. The summed E-state index contributed by atoms with van der Waals surface area (Å²) in [5, 5.41) is 10.4. The number of hydrogen-bond acceptors (Lipinski definition) is 6. The average Bonchev–Trinajstić information content (AvgIpc) is 2.98. The van der Waals surface area contributed by atoms with Gasteiger partial charge in [-0.05, 0) is 37.2 Å². The molecule has 126 valence electrons. The number of aromatic amines is 1. The van der Waals surface area contributed by atoms with Crippen LogP contribution >= 0.6 is 35.3 Å². The van der Waals surface area contributed by atoms with Gasteiger partial charge in [-0.25, -0.2) is 4.98 Å². The van der Waals surface area contributed by atoms with Gasteiger partial charge in [0.25, 0.3) is 0 Å². The number of carbonyl (C=O) groups excluding carboxylic acids is 1. The standard InChI is InChI=1S/C14H21N5OS3/c1-8(2)5-6-22-7-10(20)16-13-15-9(3)11(23-13)12-17-18-14(21)19(12)4/h8H,5-7H2,1-4H3,(H,18,21)(H,15,16,20). The van der Waals surface area contributed by atoms with Crippen LogP contribution < -0.4 is 5.32 Å². The summed E-state index contributed by atoms with van der Waals surface area (Å²) in [4.78, 5) is 17.3. The van der Waals surface area contributed by atoms with E-state index in [-0.39, 0.29) is 5.91 Å². The maximum atomic E-state index is 12.0. The van der Waals surface area contributed by atoms with Crippen molar-refractivity contribution < 1.29 is 4.79 Å². The van der Waals surface area contributed by atoms with E-state index in [0.717, 1.165) is 28.6 Å². The lowest BCUT2D eigenvalue weighted by molar-refractivity contribution is -0.113. The van der Waals surface area contributed by atoms with Crippen molar-refractivity contribution in [1.82, 2.24) is 19.7 Å². The summed E-state index contributed by atoms with van der Waals surface area (Å²) in [6.45, 7) is 6.27. The Morgan fingerprint density at radius 2 is 2.26 bits per heavy atom. The van der Waals surface area contributed by atoms with Gasteiger partial charge in [0, 0.05) is 7.05 Å². The van der Waals surface area contributed by atoms with Gasteiger partial charge in [0.2, 0.25) is 5.91 Å². The number of thiazole rings is 1. The molecule has 0 bridgehead atoms. The van der Waals surface area contributed by atoms with E-state index in [2.05, 4.69) is 34.3 Å². The van der Waals surface area contributed by atoms with Crippen LogP contribution in [0.5, 0.6) is 0 Å². The number of H-pyrrole nitrogens is 1. The molecule has 9 heteroatoms. The van der Waals surface area contributed by atoms with Crippen LogP contribution in [0.15, 0.2) is 0 Å². The monoisotopic (exact) mass is 371 g/mol. The molecular weight excluding hydrogens is 350 g/mol. The van der Waals surface area contributed by atoms with Crippen LogP contribution in [0.25, 0.3) is 10.7 Å². The minimum atomic E-state index is -0.0191. The number of rotatable bonds is 7. The molecule has 0 spiro atoms. The molecular formula is C14H21N5OS3. The SMILES string of the molecule is Cc1nc(NC(=O)CSCCC(C)C)sc1-c1n[nH]c(=S)n1C. The highest BCUT2D eigenvalue weighted by Gasteiger charge is 2.16. The quantitative estimate of drug-likeness (QED) is 0.574. The highest BCUT2D eigenvalue weighted by Crippen LogP contribution is 2.31. The van der Waals surface area contributed by atoms with Crippen molar-refractivity contribution in [2.45, 2.75) is 27.2 Å². The van der Waals surface area contributed by atoms with Crippen LogP contribution in [-0.4, -0.2) is 37.2 Å². The number of aryl methyl sites for hydroxylation is 1. The summed E-state index contributed by atoms with van der Waals surface area (Å²) < 4.78 is 2.35. The number of thioether (sulfide) groups is 1. The second-order valence-corrected chi connectivity index (χ2v) is 8.12. The summed E-state index contributed by atoms with van der Waals surface area (Å²) in [7, 11) is 1.85. The molecule has 0 radical (unpaired) electrons. The third-order valence-corrected chi connectivity index (χ3v) is 5.62. The van der Waals surface area contributed by atoms with Crippen molar-refractivity contribution in [2.24, 2.45) is 13.0 Å². The number of nitrogens with zero attached hydrogens (tertiary/aromatic N) is 3. The first-order valence-corrected chi connectivity index (χ1v) is 9.73. The molecule has 0 aromatic carbocycles. The number of carbonyl (C=O) groups is 1. The Kier molecular flexibility index (Phi) is 6.37. The van der Waals surface area contributed by atoms with Crippen LogP contribution in [0.4, 0.5) is 5.13 Å². The molecule has 0 unspecified atom stereocenters. The molecule has 0 saturated carbocycles. The minimum Gasteiger partial charge on any atom is -0.303 e. The fourth-order valence-corrected chi connectivity index (χ4v) is 4.03. The molecule has 6 nitrogen and oxygen atoms in total. The fraction of sp³-hybridized carbons (Fsp3) is 0.571. The van der Waals surface area contributed by atoms with Crippen molar-refractivity contribution in [2.75, 3.05) is 16.8 Å². The molecule has 0 atom stereocenters. The molecule has 0 aliphatic rings.